The molecule has 6 rings (SSSR count). The van der Waals surface area contributed by atoms with Gasteiger partial charge in [-0.15, -0.1) is 10.2 Å². The second kappa shape index (κ2) is 10.1. The predicted octanol–water partition coefficient (Wildman–Crippen LogP) is 3.24. The van der Waals surface area contributed by atoms with Crippen LogP contribution in [0.15, 0.2) is 47.3 Å². The number of nitrogens with one attached hydrogen (secondary N) is 1. The number of carbonyl (C=O) groups is 1. The van der Waals surface area contributed by atoms with Crippen LogP contribution in [-0.2, 0) is 29.1 Å². The average Bonchev–Trinajstić information content (AvgIpc) is 3.72. The fourth-order valence-corrected chi connectivity index (χ4v) is 4.90. The van der Waals surface area contributed by atoms with Crippen molar-refractivity contribution < 1.29 is 13.9 Å². The molecular formula is C27H31N9O3. The molecule has 1 fully saturated rings. The molecular weight excluding hydrogens is 498 g/mol. The van der Waals surface area contributed by atoms with Gasteiger partial charge in [-0.25, -0.2) is 14.6 Å². The normalized spacial score (nSPS) is 17.4. The first kappa shape index (κ1) is 25.0. The van der Waals surface area contributed by atoms with Gasteiger partial charge in [-0.1, -0.05) is 34.6 Å². The quantitative estimate of drug-likeness (QED) is 0.353. The molecule has 39 heavy (non-hydrogen) atoms. The van der Waals surface area contributed by atoms with Crippen molar-refractivity contribution in [2.75, 3.05) is 23.3 Å². The van der Waals surface area contributed by atoms with Gasteiger partial charge >= 0.3 is 12.0 Å². The summed E-state index contributed by atoms with van der Waals surface area (Å²) in [5.41, 5.74) is 3.69. The van der Waals surface area contributed by atoms with E-state index in [-0.39, 0.29) is 24.7 Å². The molecule has 0 spiro atoms. The predicted molar refractivity (Wildman–Crippen MR) is 142 cm³/mol. The highest BCUT2D eigenvalue weighted by atomic mass is 16.5. The van der Waals surface area contributed by atoms with Crippen LogP contribution in [0.25, 0.3) is 11.5 Å². The summed E-state index contributed by atoms with van der Waals surface area (Å²) in [4.78, 5) is 23.0. The Kier molecular flexibility index (Phi) is 6.45. The van der Waals surface area contributed by atoms with Gasteiger partial charge < -0.3 is 19.4 Å². The molecule has 12 heteroatoms. The maximum atomic E-state index is 12.0. The third-order valence-electron chi connectivity index (χ3n) is 7.07. The van der Waals surface area contributed by atoms with Crippen LogP contribution >= 0.6 is 0 Å². The van der Waals surface area contributed by atoms with Gasteiger partial charge in [-0.3, -0.25) is 4.79 Å². The molecule has 0 amide bonds. The zero-order chi connectivity index (χ0) is 27.0. The standard InChI is InChI=1S/C27H31N9O3/c1-27(2,3)24(37)38-16-36-15-22(31-34-36)19-8-9-35(14-19)26-33-32-23(39-26)20-12-28-25(29-13-20)30-21-10-17-6-4-5-7-18(17)11-21/h4-7,12-13,15,19,21H,8-11,14,16H2,1-3H3,(H,28,29,30). The van der Waals surface area contributed by atoms with Gasteiger partial charge in [0.1, 0.15) is 0 Å². The third-order valence-corrected chi connectivity index (χ3v) is 7.07. The van der Waals surface area contributed by atoms with Crippen molar-refractivity contribution in [3.63, 3.8) is 0 Å². The smallest absolute Gasteiger partial charge is 0.318 e. The van der Waals surface area contributed by atoms with Crippen LogP contribution in [0.2, 0.25) is 0 Å². The molecule has 1 atom stereocenters. The molecule has 3 aromatic heterocycles. The maximum Gasteiger partial charge on any atom is 0.318 e. The van der Waals surface area contributed by atoms with Gasteiger partial charge in [-0.05, 0) is 51.2 Å². The second-order valence-corrected chi connectivity index (χ2v) is 11.1. The number of hydrogen-bond acceptors (Lipinski definition) is 11. The van der Waals surface area contributed by atoms with E-state index in [2.05, 4.69) is 60.1 Å². The highest BCUT2D eigenvalue weighted by Crippen LogP contribution is 2.31. The number of fused-ring (bicyclic) bond motifs is 1. The Hall–Kier alpha value is -4.35. The SMILES string of the molecule is CC(C)(C)C(=O)OCn1cc(C2CCN(c3nnc(-c4cnc(NC5Cc6ccccc6C5)nc4)o3)C2)nn1. The molecule has 0 saturated carbocycles. The number of hydrogen-bond donors (Lipinski definition) is 1. The zero-order valence-corrected chi connectivity index (χ0v) is 22.2. The Balaban J connectivity index is 1.03. The number of ether oxygens (including phenoxy) is 1. The number of carbonyl (C=O) groups excluding carboxylic acids is 1. The molecule has 1 unspecified atom stereocenters. The molecule has 1 aromatic carbocycles. The highest BCUT2D eigenvalue weighted by molar-refractivity contribution is 5.75. The largest absolute Gasteiger partial charge is 0.442 e. The minimum absolute atomic E-state index is 0.0389. The zero-order valence-electron chi connectivity index (χ0n) is 22.2. The lowest BCUT2D eigenvalue weighted by molar-refractivity contribution is -0.157. The summed E-state index contributed by atoms with van der Waals surface area (Å²) in [5, 5.41) is 20.3. The lowest BCUT2D eigenvalue weighted by Gasteiger charge is -2.16. The lowest BCUT2D eigenvalue weighted by atomic mass is 9.98. The second-order valence-electron chi connectivity index (χ2n) is 11.1. The lowest BCUT2D eigenvalue weighted by Crippen LogP contribution is -2.24. The Morgan fingerprint density at radius 3 is 2.56 bits per heavy atom. The minimum Gasteiger partial charge on any atom is -0.442 e. The van der Waals surface area contributed by atoms with Crippen LogP contribution in [0, 0.1) is 5.41 Å². The van der Waals surface area contributed by atoms with Gasteiger partial charge in [0.2, 0.25) is 5.95 Å². The molecule has 1 saturated heterocycles. The number of esters is 1. The molecule has 1 N–H and O–H groups in total. The summed E-state index contributed by atoms with van der Waals surface area (Å²) >= 11 is 0. The molecule has 0 radical (unpaired) electrons. The average molecular weight is 530 g/mol. The van der Waals surface area contributed by atoms with Crippen molar-refractivity contribution in [3.05, 3.63) is 59.7 Å². The number of rotatable bonds is 7. The van der Waals surface area contributed by atoms with Crippen LogP contribution in [-0.4, -0.2) is 60.3 Å². The van der Waals surface area contributed by atoms with Crippen LogP contribution in [0.4, 0.5) is 12.0 Å². The Morgan fingerprint density at radius 1 is 1.10 bits per heavy atom. The summed E-state index contributed by atoms with van der Waals surface area (Å²) in [7, 11) is 0. The van der Waals surface area contributed by atoms with E-state index >= 15 is 0 Å². The summed E-state index contributed by atoms with van der Waals surface area (Å²) in [6.07, 6.45) is 8.02. The van der Waals surface area contributed by atoms with E-state index in [1.54, 1.807) is 12.4 Å². The van der Waals surface area contributed by atoms with E-state index in [9.17, 15) is 4.79 Å². The van der Waals surface area contributed by atoms with Gasteiger partial charge in [0.05, 0.1) is 22.9 Å². The molecule has 1 aliphatic carbocycles. The van der Waals surface area contributed by atoms with Crippen molar-refractivity contribution in [2.45, 2.75) is 58.7 Å². The first-order chi connectivity index (χ1) is 18.8. The molecule has 4 aromatic rings. The molecule has 12 nitrogen and oxygen atoms in total. The fourth-order valence-electron chi connectivity index (χ4n) is 4.90. The number of anilines is 2. The van der Waals surface area contributed by atoms with E-state index in [4.69, 9.17) is 9.15 Å². The Bertz CT molecular complexity index is 1430. The summed E-state index contributed by atoms with van der Waals surface area (Å²) in [6.45, 7) is 6.90. The first-order valence-corrected chi connectivity index (χ1v) is 13.1. The Morgan fingerprint density at radius 2 is 1.85 bits per heavy atom. The van der Waals surface area contributed by atoms with E-state index in [0.29, 0.717) is 30.0 Å². The van der Waals surface area contributed by atoms with Crippen LogP contribution < -0.4 is 10.2 Å². The number of nitrogens with zero attached hydrogens (tertiary/aromatic N) is 8. The third kappa shape index (κ3) is 5.45. The highest BCUT2D eigenvalue weighted by Gasteiger charge is 2.30. The number of benzene rings is 1. The van der Waals surface area contributed by atoms with Gasteiger partial charge in [-0.2, -0.15) is 0 Å². The fraction of sp³-hybridized carbons (Fsp3) is 0.444. The molecule has 1 aliphatic heterocycles. The summed E-state index contributed by atoms with van der Waals surface area (Å²) < 4.78 is 12.8. The van der Waals surface area contributed by atoms with Crippen LogP contribution in [0.3, 0.4) is 0 Å². The van der Waals surface area contributed by atoms with Crippen LogP contribution in [0.1, 0.15) is 49.9 Å². The van der Waals surface area contributed by atoms with Crippen LogP contribution in [0.5, 0.6) is 0 Å². The van der Waals surface area contributed by atoms with Crippen molar-refractivity contribution in [1.82, 2.24) is 35.2 Å². The van der Waals surface area contributed by atoms with E-state index < -0.39 is 5.41 Å². The maximum absolute atomic E-state index is 12.0. The molecule has 4 heterocycles. The van der Waals surface area contributed by atoms with E-state index in [0.717, 1.165) is 31.5 Å². The van der Waals surface area contributed by atoms with Crippen molar-refractivity contribution in [1.29, 1.82) is 0 Å². The summed E-state index contributed by atoms with van der Waals surface area (Å²) in [5.74, 6) is 0.831. The number of aromatic nitrogens is 7. The monoisotopic (exact) mass is 529 g/mol. The Labute approximate surface area is 225 Å². The van der Waals surface area contributed by atoms with Gasteiger partial charge in [0, 0.05) is 37.4 Å². The first-order valence-electron chi connectivity index (χ1n) is 13.1. The molecule has 0 bridgehead atoms. The van der Waals surface area contributed by atoms with Gasteiger partial charge in [0.15, 0.2) is 6.73 Å². The molecule has 2 aliphatic rings. The van der Waals surface area contributed by atoms with Crippen molar-refractivity contribution in [3.8, 4) is 11.5 Å². The van der Waals surface area contributed by atoms with Gasteiger partial charge in [0.25, 0.3) is 5.89 Å². The summed E-state index contributed by atoms with van der Waals surface area (Å²) in [6, 6.07) is 9.24. The van der Waals surface area contributed by atoms with Crippen molar-refractivity contribution >= 4 is 17.9 Å². The van der Waals surface area contributed by atoms with E-state index in [1.807, 2.05) is 31.9 Å². The van der Waals surface area contributed by atoms with Crippen molar-refractivity contribution in [2.24, 2.45) is 5.41 Å². The van der Waals surface area contributed by atoms with E-state index in [1.165, 1.54) is 15.8 Å². The minimum atomic E-state index is -0.563. The topological polar surface area (TPSA) is 137 Å². The molecule has 202 valence electrons.